The Morgan fingerprint density at radius 2 is 2.00 bits per heavy atom. The van der Waals surface area contributed by atoms with Gasteiger partial charge in [0, 0.05) is 13.1 Å². The summed E-state index contributed by atoms with van der Waals surface area (Å²) >= 11 is 0. The van der Waals surface area contributed by atoms with Crippen molar-refractivity contribution >= 4 is 12.5 Å². The number of carbonyl (C=O) groups excluding carboxylic acids is 2. The predicted octanol–water partition coefficient (Wildman–Crippen LogP) is 0.911. The number of amides is 2. The van der Waals surface area contributed by atoms with Gasteiger partial charge < -0.3 is 15.4 Å². The Bertz CT molecular complexity index is 327. The number of para-hydroxylation sites is 1. The van der Waals surface area contributed by atoms with E-state index in [0.29, 0.717) is 31.7 Å². The molecule has 1 rings (SSSR count). The second-order valence-corrected chi connectivity index (χ2v) is 3.05. The molecule has 2 N–H and O–H groups in total. The second-order valence-electron chi connectivity index (χ2n) is 3.05. The Morgan fingerprint density at radius 1 is 1.25 bits per heavy atom. The van der Waals surface area contributed by atoms with Crippen molar-refractivity contribution < 1.29 is 14.3 Å². The average Bonchev–Trinajstić information content (AvgIpc) is 2.30. The standard InChI is InChI=1S/C11H14N2O3/c14-9-12-7-4-8-13-11(15)16-10-5-2-1-3-6-10/h1-3,5-6,9H,4,7-8H2,(H,12,14)(H,13,15). The van der Waals surface area contributed by atoms with E-state index >= 15 is 0 Å². The van der Waals surface area contributed by atoms with Crippen molar-refractivity contribution in [1.29, 1.82) is 0 Å². The van der Waals surface area contributed by atoms with E-state index in [-0.39, 0.29) is 0 Å². The number of rotatable bonds is 6. The van der Waals surface area contributed by atoms with E-state index in [1.54, 1.807) is 24.3 Å². The summed E-state index contributed by atoms with van der Waals surface area (Å²) in [6, 6.07) is 8.82. The number of hydrogen-bond donors (Lipinski definition) is 2. The van der Waals surface area contributed by atoms with Crippen molar-refractivity contribution in [1.82, 2.24) is 10.6 Å². The third kappa shape index (κ3) is 4.99. The summed E-state index contributed by atoms with van der Waals surface area (Å²) in [6.45, 7) is 1.00. The first-order valence-electron chi connectivity index (χ1n) is 5.00. The molecule has 5 nitrogen and oxygen atoms in total. The third-order valence-corrected chi connectivity index (χ3v) is 1.80. The lowest BCUT2D eigenvalue weighted by atomic mass is 10.3. The molecule has 0 radical (unpaired) electrons. The van der Waals surface area contributed by atoms with E-state index < -0.39 is 6.09 Å². The maximum atomic E-state index is 11.2. The Labute approximate surface area is 93.8 Å². The van der Waals surface area contributed by atoms with Gasteiger partial charge in [-0.05, 0) is 18.6 Å². The van der Waals surface area contributed by atoms with Crippen LogP contribution in [0.15, 0.2) is 30.3 Å². The fraction of sp³-hybridized carbons (Fsp3) is 0.273. The summed E-state index contributed by atoms with van der Waals surface area (Å²) < 4.78 is 4.98. The lowest BCUT2D eigenvalue weighted by Crippen LogP contribution is -2.29. The lowest BCUT2D eigenvalue weighted by Gasteiger charge is -2.05. The molecule has 0 atom stereocenters. The number of benzene rings is 1. The van der Waals surface area contributed by atoms with Gasteiger partial charge in [-0.3, -0.25) is 4.79 Å². The number of ether oxygens (including phenoxy) is 1. The first kappa shape index (κ1) is 12.0. The van der Waals surface area contributed by atoms with Crippen LogP contribution in [0.2, 0.25) is 0 Å². The molecule has 0 heterocycles. The minimum absolute atomic E-state index is 0.465. The molecule has 86 valence electrons. The zero-order valence-electron chi connectivity index (χ0n) is 8.81. The van der Waals surface area contributed by atoms with Crippen LogP contribution in [0.4, 0.5) is 4.79 Å². The molecule has 0 saturated heterocycles. The van der Waals surface area contributed by atoms with Gasteiger partial charge in [0.25, 0.3) is 0 Å². The first-order valence-corrected chi connectivity index (χ1v) is 5.00. The van der Waals surface area contributed by atoms with Crippen molar-refractivity contribution in [2.75, 3.05) is 13.1 Å². The van der Waals surface area contributed by atoms with E-state index in [1.807, 2.05) is 6.07 Å². The highest BCUT2D eigenvalue weighted by molar-refractivity contribution is 5.70. The molecule has 0 fully saturated rings. The van der Waals surface area contributed by atoms with E-state index in [0.717, 1.165) is 0 Å². The van der Waals surface area contributed by atoms with Crippen LogP contribution >= 0.6 is 0 Å². The van der Waals surface area contributed by atoms with Gasteiger partial charge in [-0.15, -0.1) is 0 Å². The Hall–Kier alpha value is -2.04. The molecule has 0 unspecified atom stereocenters. The molecule has 0 bridgehead atoms. The summed E-state index contributed by atoms with van der Waals surface area (Å²) in [7, 11) is 0. The van der Waals surface area contributed by atoms with Gasteiger partial charge in [0.05, 0.1) is 0 Å². The average molecular weight is 222 g/mol. The molecule has 16 heavy (non-hydrogen) atoms. The molecule has 0 aliphatic carbocycles. The maximum Gasteiger partial charge on any atom is 0.412 e. The van der Waals surface area contributed by atoms with Gasteiger partial charge in [0.1, 0.15) is 5.75 Å². The third-order valence-electron chi connectivity index (χ3n) is 1.80. The molecule has 1 aromatic rings. The van der Waals surface area contributed by atoms with Gasteiger partial charge in [-0.25, -0.2) is 4.79 Å². The quantitative estimate of drug-likeness (QED) is 0.555. The first-order chi connectivity index (χ1) is 7.83. The van der Waals surface area contributed by atoms with Crippen LogP contribution in [0.1, 0.15) is 6.42 Å². The Balaban J connectivity index is 2.14. The minimum atomic E-state index is -0.489. The Morgan fingerprint density at radius 3 is 2.69 bits per heavy atom. The van der Waals surface area contributed by atoms with Gasteiger partial charge in [-0.2, -0.15) is 0 Å². The van der Waals surface area contributed by atoms with E-state index in [4.69, 9.17) is 4.74 Å². The SMILES string of the molecule is O=CNCCCNC(=O)Oc1ccccc1. The number of hydrogen-bond acceptors (Lipinski definition) is 3. The fourth-order valence-corrected chi connectivity index (χ4v) is 1.07. The molecule has 0 aliphatic heterocycles. The highest BCUT2D eigenvalue weighted by atomic mass is 16.5. The highest BCUT2D eigenvalue weighted by Crippen LogP contribution is 2.07. The van der Waals surface area contributed by atoms with Crippen molar-refractivity contribution in [3.8, 4) is 5.75 Å². The molecular formula is C11H14N2O3. The monoisotopic (exact) mass is 222 g/mol. The van der Waals surface area contributed by atoms with Crippen LogP contribution in [0.5, 0.6) is 5.75 Å². The van der Waals surface area contributed by atoms with E-state index in [2.05, 4.69) is 10.6 Å². The zero-order valence-corrected chi connectivity index (χ0v) is 8.81. The van der Waals surface area contributed by atoms with Crippen LogP contribution < -0.4 is 15.4 Å². The minimum Gasteiger partial charge on any atom is -0.410 e. The molecular weight excluding hydrogens is 208 g/mol. The van der Waals surface area contributed by atoms with Crippen LogP contribution in [-0.2, 0) is 4.79 Å². The second kappa shape index (κ2) is 7.28. The highest BCUT2D eigenvalue weighted by Gasteiger charge is 2.01. The molecule has 0 aliphatic rings. The summed E-state index contributed by atoms with van der Waals surface area (Å²) in [5.41, 5.74) is 0. The molecule has 0 spiro atoms. The summed E-state index contributed by atoms with van der Waals surface area (Å²) in [5.74, 6) is 0.506. The molecule has 0 saturated carbocycles. The fourth-order valence-electron chi connectivity index (χ4n) is 1.07. The zero-order chi connectivity index (χ0) is 11.6. The van der Waals surface area contributed by atoms with Crippen LogP contribution in [-0.4, -0.2) is 25.6 Å². The normalized spacial score (nSPS) is 9.25. The van der Waals surface area contributed by atoms with Crippen LogP contribution in [0.3, 0.4) is 0 Å². The molecule has 0 aromatic heterocycles. The van der Waals surface area contributed by atoms with Gasteiger partial charge in [0.2, 0.25) is 6.41 Å². The van der Waals surface area contributed by atoms with Crippen molar-refractivity contribution in [3.05, 3.63) is 30.3 Å². The Kier molecular flexibility index (Phi) is 5.47. The van der Waals surface area contributed by atoms with Crippen molar-refractivity contribution in [3.63, 3.8) is 0 Å². The van der Waals surface area contributed by atoms with Crippen molar-refractivity contribution in [2.45, 2.75) is 6.42 Å². The summed E-state index contributed by atoms with van der Waals surface area (Å²) in [5, 5.41) is 5.07. The topological polar surface area (TPSA) is 67.4 Å². The van der Waals surface area contributed by atoms with Crippen molar-refractivity contribution in [2.24, 2.45) is 0 Å². The van der Waals surface area contributed by atoms with E-state index in [9.17, 15) is 9.59 Å². The summed E-state index contributed by atoms with van der Waals surface area (Å²) in [6.07, 6.45) is 0.808. The molecule has 1 aromatic carbocycles. The van der Waals surface area contributed by atoms with E-state index in [1.165, 1.54) is 0 Å². The number of nitrogens with one attached hydrogen (secondary N) is 2. The van der Waals surface area contributed by atoms with Gasteiger partial charge in [-0.1, -0.05) is 18.2 Å². The van der Waals surface area contributed by atoms with Crippen LogP contribution in [0.25, 0.3) is 0 Å². The maximum absolute atomic E-state index is 11.2. The molecule has 5 heteroatoms. The van der Waals surface area contributed by atoms with Gasteiger partial charge >= 0.3 is 6.09 Å². The number of carbonyl (C=O) groups is 2. The summed E-state index contributed by atoms with van der Waals surface area (Å²) in [4.78, 5) is 21.1. The predicted molar refractivity (Wildman–Crippen MR) is 59.2 cm³/mol. The van der Waals surface area contributed by atoms with Crippen LogP contribution in [0, 0.1) is 0 Å². The van der Waals surface area contributed by atoms with Gasteiger partial charge in [0.15, 0.2) is 0 Å². The largest absolute Gasteiger partial charge is 0.412 e. The molecule has 2 amide bonds. The smallest absolute Gasteiger partial charge is 0.410 e. The lowest BCUT2D eigenvalue weighted by molar-refractivity contribution is -0.109.